The van der Waals surface area contributed by atoms with Crippen LogP contribution in [-0.2, 0) is 30.8 Å². The van der Waals surface area contributed by atoms with E-state index in [1.165, 1.54) is 9.31 Å². The van der Waals surface area contributed by atoms with Crippen molar-refractivity contribution < 1.29 is 27.9 Å². The molecule has 0 aliphatic rings. The van der Waals surface area contributed by atoms with Gasteiger partial charge in [0.05, 0.1) is 30.2 Å². The number of aliphatic hydroxyl groups excluding tert-OH is 1. The summed E-state index contributed by atoms with van der Waals surface area (Å²) in [6.45, 7) is 10.2. The molecule has 10 nitrogen and oxygen atoms in total. The number of hydrogen-bond acceptors (Lipinski definition) is 7. The van der Waals surface area contributed by atoms with Gasteiger partial charge in [0, 0.05) is 33.2 Å². The quantitative estimate of drug-likeness (QED) is 0.157. The molecule has 0 fully saturated rings. The first kappa shape index (κ1) is 37.1. The summed E-state index contributed by atoms with van der Waals surface area (Å²) >= 11 is 0. The second kappa shape index (κ2) is 17.0. The number of amides is 2. The monoisotopic (exact) mass is 654 g/mol. The van der Waals surface area contributed by atoms with E-state index in [1.54, 1.807) is 25.3 Å². The Morgan fingerprint density at radius 3 is 2.22 bits per heavy atom. The molecule has 0 bridgehead atoms. The zero-order valence-corrected chi connectivity index (χ0v) is 28.7. The average Bonchev–Trinajstić information content (AvgIpc) is 2.99. The molecule has 0 saturated carbocycles. The van der Waals surface area contributed by atoms with E-state index in [2.05, 4.69) is 10.7 Å². The van der Waals surface area contributed by atoms with Gasteiger partial charge in [-0.3, -0.25) is 15.0 Å². The highest BCUT2D eigenvalue weighted by Gasteiger charge is 2.37. The normalized spacial score (nSPS) is 13.6. The SMILES string of the molecule is COCCNCC(=O)NN(C(=O)CC(C)(C)C)C(Cc1ccccc1)[C@H](O)CN(CC(C)C)S(=O)(=O)c1ccc2ccccc2c1. The summed E-state index contributed by atoms with van der Waals surface area (Å²) in [5, 5.41) is 17.8. The van der Waals surface area contributed by atoms with E-state index in [9.17, 15) is 23.1 Å². The van der Waals surface area contributed by atoms with Gasteiger partial charge in [-0.1, -0.05) is 95.3 Å². The summed E-state index contributed by atoms with van der Waals surface area (Å²) in [5.74, 6) is -0.900. The molecular formula is C35H50N4O6S. The van der Waals surface area contributed by atoms with Crippen LogP contribution in [0.15, 0.2) is 77.7 Å². The fraction of sp³-hybridized carbons (Fsp3) is 0.486. The van der Waals surface area contributed by atoms with Gasteiger partial charge in [0.25, 0.3) is 5.91 Å². The maximum absolute atomic E-state index is 14.1. The predicted molar refractivity (Wildman–Crippen MR) is 181 cm³/mol. The molecule has 1 unspecified atom stereocenters. The highest BCUT2D eigenvalue weighted by Crippen LogP contribution is 2.25. The number of ether oxygens (including phenoxy) is 1. The van der Waals surface area contributed by atoms with Crippen molar-refractivity contribution in [2.75, 3.05) is 39.9 Å². The molecule has 3 aromatic rings. The van der Waals surface area contributed by atoms with E-state index in [1.807, 2.05) is 89.2 Å². The van der Waals surface area contributed by atoms with Crippen LogP contribution >= 0.6 is 0 Å². The molecule has 3 rings (SSSR count). The van der Waals surface area contributed by atoms with Gasteiger partial charge in [0.2, 0.25) is 15.9 Å². The van der Waals surface area contributed by atoms with E-state index in [0.717, 1.165) is 16.3 Å². The zero-order valence-electron chi connectivity index (χ0n) is 27.9. The van der Waals surface area contributed by atoms with Gasteiger partial charge < -0.3 is 15.2 Å². The Morgan fingerprint density at radius 2 is 1.59 bits per heavy atom. The highest BCUT2D eigenvalue weighted by atomic mass is 32.2. The first-order valence-electron chi connectivity index (χ1n) is 15.7. The lowest BCUT2D eigenvalue weighted by Crippen LogP contribution is -2.60. The van der Waals surface area contributed by atoms with E-state index in [4.69, 9.17) is 4.74 Å². The number of hydrogen-bond donors (Lipinski definition) is 3. The molecule has 0 saturated heterocycles. The summed E-state index contributed by atoms with van der Waals surface area (Å²) in [6, 6.07) is 20.9. The molecule has 2 atom stereocenters. The van der Waals surface area contributed by atoms with Crippen LogP contribution in [-0.4, -0.2) is 86.7 Å². The number of sulfonamides is 1. The molecule has 0 aromatic heterocycles. The number of nitrogens with zero attached hydrogens (tertiary/aromatic N) is 2. The predicted octanol–water partition coefficient (Wildman–Crippen LogP) is 3.99. The van der Waals surface area contributed by atoms with Crippen LogP contribution in [0.1, 0.15) is 46.6 Å². The molecular weight excluding hydrogens is 604 g/mol. The van der Waals surface area contributed by atoms with Crippen molar-refractivity contribution in [2.45, 2.75) is 64.5 Å². The molecule has 46 heavy (non-hydrogen) atoms. The van der Waals surface area contributed by atoms with Crippen molar-refractivity contribution in [3.8, 4) is 0 Å². The minimum absolute atomic E-state index is 0.0495. The smallest absolute Gasteiger partial charge is 0.252 e. The lowest BCUT2D eigenvalue weighted by molar-refractivity contribution is -0.149. The maximum atomic E-state index is 14.1. The van der Waals surface area contributed by atoms with E-state index in [-0.39, 0.29) is 49.2 Å². The summed E-state index contributed by atoms with van der Waals surface area (Å²) < 4.78 is 34.5. The third kappa shape index (κ3) is 11.2. The zero-order chi connectivity index (χ0) is 33.9. The number of benzene rings is 3. The number of nitrogens with one attached hydrogen (secondary N) is 2. The fourth-order valence-electron chi connectivity index (χ4n) is 5.16. The number of carbonyl (C=O) groups excluding carboxylic acids is 2. The van der Waals surface area contributed by atoms with Crippen LogP contribution in [0, 0.1) is 11.3 Å². The van der Waals surface area contributed by atoms with Crippen molar-refractivity contribution in [2.24, 2.45) is 11.3 Å². The minimum Gasteiger partial charge on any atom is -0.390 e. The van der Waals surface area contributed by atoms with Gasteiger partial charge in [-0.2, -0.15) is 4.31 Å². The molecule has 0 heterocycles. The standard InChI is InChI=1S/C35H50N4O6S/c1-26(2)24-38(46(43,44)30-17-16-28-14-10-11-15-29(28)21-30)25-32(40)31(20-27-12-8-7-9-13-27)39(34(42)22-35(3,4)5)37-33(41)23-36-18-19-45-6/h7-17,21,26,31-32,36,40H,18-20,22-25H2,1-6H3,(H,37,41)/t31?,32-/m1/s1. The van der Waals surface area contributed by atoms with Crippen LogP contribution in [0.5, 0.6) is 0 Å². The van der Waals surface area contributed by atoms with Gasteiger partial charge in [-0.05, 0) is 46.2 Å². The number of carbonyl (C=O) groups is 2. The van der Waals surface area contributed by atoms with Gasteiger partial charge >= 0.3 is 0 Å². The number of hydrazine groups is 1. The molecule has 0 spiro atoms. The largest absolute Gasteiger partial charge is 0.390 e. The number of fused-ring (bicyclic) bond motifs is 1. The number of rotatable bonds is 16. The van der Waals surface area contributed by atoms with Crippen molar-refractivity contribution in [1.29, 1.82) is 0 Å². The van der Waals surface area contributed by atoms with Crippen LogP contribution in [0.4, 0.5) is 0 Å². The highest BCUT2D eigenvalue weighted by molar-refractivity contribution is 7.89. The third-order valence-electron chi connectivity index (χ3n) is 7.35. The van der Waals surface area contributed by atoms with E-state index in [0.29, 0.717) is 13.2 Å². The Morgan fingerprint density at radius 1 is 0.935 bits per heavy atom. The Kier molecular flexibility index (Phi) is 13.7. The van der Waals surface area contributed by atoms with Crippen molar-refractivity contribution in [1.82, 2.24) is 20.1 Å². The molecule has 11 heteroatoms. The first-order chi connectivity index (χ1) is 21.7. The minimum atomic E-state index is -4.04. The Hall–Kier alpha value is -3.35. The van der Waals surface area contributed by atoms with Gasteiger partial charge in [0.15, 0.2) is 0 Å². The summed E-state index contributed by atoms with van der Waals surface area (Å²) in [5.41, 5.74) is 3.14. The number of methoxy groups -OCH3 is 1. The molecule has 252 valence electrons. The van der Waals surface area contributed by atoms with Crippen LogP contribution in [0.25, 0.3) is 10.8 Å². The van der Waals surface area contributed by atoms with Crippen molar-refractivity contribution >= 4 is 32.6 Å². The van der Waals surface area contributed by atoms with Crippen LogP contribution < -0.4 is 10.7 Å². The topological polar surface area (TPSA) is 128 Å². The van der Waals surface area contributed by atoms with Crippen molar-refractivity contribution in [3.05, 3.63) is 78.4 Å². The lowest BCUT2D eigenvalue weighted by atomic mass is 9.91. The first-order valence-corrected chi connectivity index (χ1v) is 17.2. The van der Waals surface area contributed by atoms with E-state index < -0.39 is 33.5 Å². The fourth-order valence-corrected chi connectivity index (χ4v) is 6.82. The van der Waals surface area contributed by atoms with Crippen molar-refractivity contribution in [3.63, 3.8) is 0 Å². The maximum Gasteiger partial charge on any atom is 0.252 e. The Balaban J connectivity index is 2.01. The lowest BCUT2D eigenvalue weighted by Gasteiger charge is -2.38. The Labute approximate surface area is 274 Å². The third-order valence-corrected chi connectivity index (χ3v) is 9.17. The molecule has 2 amide bonds. The summed E-state index contributed by atoms with van der Waals surface area (Å²) in [7, 11) is -2.48. The van der Waals surface area contributed by atoms with Gasteiger partial charge in [-0.15, -0.1) is 0 Å². The van der Waals surface area contributed by atoms with Gasteiger partial charge in [-0.25, -0.2) is 13.4 Å². The van der Waals surface area contributed by atoms with Crippen LogP contribution in [0.2, 0.25) is 0 Å². The van der Waals surface area contributed by atoms with Gasteiger partial charge in [0.1, 0.15) is 0 Å². The molecule has 0 radical (unpaired) electrons. The second-order valence-corrected chi connectivity index (χ2v) is 15.2. The number of aliphatic hydroxyl groups is 1. The molecule has 3 aromatic carbocycles. The second-order valence-electron chi connectivity index (χ2n) is 13.3. The summed E-state index contributed by atoms with van der Waals surface area (Å²) in [4.78, 5) is 27.1. The molecule has 0 aliphatic carbocycles. The van der Waals surface area contributed by atoms with Crippen LogP contribution in [0.3, 0.4) is 0 Å². The Bertz CT molecular complexity index is 1520. The average molecular weight is 655 g/mol. The molecule has 0 aliphatic heterocycles. The molecule has 3 N–H and O–H groups in total. The van der Waals surface area contributed by atoms with E-state index >= 15 is 0 Å². The summed E-state index contributed by atoms with van der Waals surface area (Å²) in [6.07, 6.45) is -1.08.